The minimum atomic E-state index is 0.719. The largest absolute Gasteiger partial charge is 0.488 e. The molecule has 98 valence electrons. The third-order valence-corrected chi connectivity index (χ3v) is 4.44. The van der Waals surface area contributed by atoms with Gasteiger partial charge in [0.25, 0.3) is 0 Å². The quantitative estimate of drug-likeness (QED) is 0.681. The predicted molar refractivity (Wildman–Crippen MR) is 83.7 cm³/mol. The Morgan fingerprint density at radius 3 is 2.79 bits per heavy atom. The van der Waals surface area contributed by atoms with Crippen LogP contribution in [0.4, 0.5) is 0 Å². The second kappa shape index (κ2) is 5.79. The summed E-state index contributed by atoms with van der Waals surface area (Å²) in [4.78, 5) is 0. The van der Waals surface area contributed by atoms with Crippen LogP contribution in [0.15, 0.2) is 52.5 Å². The number of fused-ring (bicyclic) bond motifs is 1. The lowest BCUT2D eigenvalue weighted by Crippen LogP contribution is -2.04. The van der Waals surface area contributed by atoms with E-state index in [1.54, 1.807) is 0 Å². The molecule has 2 aromatic rings. The highest BCUT2D eigenvalue weighted by Gasteiger charge is 2.08. The van der Waals surface area contributed by atoms with E-state index in [1.165, 1.54) is 42.0 Å². The van der Waals surface area contributed by atoms with Crippen molar-refractivity contribution in [3.05, 3.63) is 52.5 Å². The van der Waals surface area contributed by atoms with E-state index in [-0.39, 0.29) is 0 Å². The number of hydrogen-bond acceptors (Lipinski definition) is 1. The highest BCUT2D eigenvalue weighted by molar-refractivity contribution is 9.10. The van der Waals surface area contributed by atoms with Crippen molar-refractivity contribution in [2.75, 3.05) is 6.61 Å². The molecule has 1 nitrogen and oxygen atoms in total. The first-order valence-electron chi connectivity index (χ1n) is 6.82. The summed E-state index contributed by atoms with van der Waals surface area (Å²) in [6.07, 6.45) is 7.35. The van der Waals surface area contributed by atoms with Crippen LogP contribution in [0.3, 0.4) is 0 Å². The van der Waals surface area contributed by atoms with E-state index >= 15 is 0 Å². The second-order valence-electron chi connectivity index (χ2n) is 5.00. The Hall–Kier alpha value is -1.28. The van der Waals surface area contributed by atoms with Gasteiger partial charge in [-0.2, -0.15) is 0 Å². The van der Waals surface area contributed by atoms with Crippen LogP contribution >= 0.6 is 15.9 Å². The molecule has 1 aliphatic carbocycles. The summed E-state index contributed by atoms with van der Waals surface area (Å²) in [6.45, 7) is 0.719. The number of benzene rings is 2. The van der Waals surface area contributed by atoms with E-state index in [1.807, 2.05) is 0 Å². The smallest absolute Gasteiger partial charge is 0.134 e. The van der Waals surface area contributed by atoms with Crippen LogP contribution in [0.25, 0.3) is 10.8 Å². The molecule has 1 aliphatic rings. The molecule has 0 N–H and O–H groups in total. The second-order valence-corrected chi connectivity index (χ2v) is 5.79. The molecule has 3 rings (SSSR count). The molecule has 0 fully saturated rings. The topological polar surface area (TPSA) is 9.23 Å². The third-order valence-electron chi connectivity index (χ3n) is 3.63. The van der Waals surface area contributed by atoms with Crippen LogP contribution in [-0.2, 0) is 0 Å². The monoisotopic (exact) mass is 316 g/mol. The average molecular weight is 317 g/mol. The summed E-state index contributed by atoms with van der Waals surface area (Å²) >= 11 is 3.66. The number of allylic oxidation sites excluding steroid dienone is 1. The van der Waals surface area contributed by atoms with Gasteiger partial charge in [-0.05, 0) is 64.0 Å². The highest BCUT2D eigenvalue weighted by Crippen LogP contribution is 2.33. The molecule has 0 unspecified atom stereocenters. The van der Waals surface area contributed by atoms with Gasteiger partial charge >= 0.3 is 0 Å². The molecule has 0 atom stereocenters. The van der Waals surface area contributed by atoms with Gasteiger partial charge in [0.15, 0.2) is 0 Å². The first-order valence-corrected chi connectivity index (χ1v) is 7.62. The van der Waals surface area contributed by atoms with E-state index in [0.29, 0.717) is 0 Å². The Morgan fingerprint density at radius 2 is 1.95 bits per heavy atom. The van der Waals surface area contributed by atoms with E-state index < -0.39 is 0 Å². The van der Waals surface area contributed by atoms with Crippen molar-refractivity contribution in [2.24, 2.45) is 0 Å². The van der Waals surface area contributed by atoms with Crippen molar-refractivity contribution in [1.29, 1.82) is 0 Å². The van der Waals surface area contributed by atoms with Crippen LogP contribution in [0, 0.1) is 0 Å². The lowest BCUT2D eigenvalue weighted by atomic mass is 10.0. The molecule has 0 aromatic heterocycles. The predicted octanol–water partition coefficient (Wildman–Crippen LogP) is 5.48. The SMILES string of the molecule is Brc1c(OCC2=CCCCC2)ccc2ccccc12. The van der Waals surface area contributed by atoms with Gasteiger partial charge in [-0.25, -0.2) is 0 Å². The Balaban J connectivity index is 1.81. The lowest BCUT2D eigenvalue weighted by molar-refractivity contribution is 0.342. The van der Waals surface area contributed by atoms with Crippen LogP contribution < -0.4 is 4.74 Å². The van der Waals surface area contributed by atoms with Crippen LogP contribution in [0.2, 0.25) is 0 Å². The van der Waals surface area contributed by atoms with Gasteiger partial charge in [0, 0.05) is 0 Å². The van der Waals surface area contributed by atoms with Gasteiger partial charge in [0.2, 0.25) is 0 Å². The fourth-order valence-electron chi connectivity index (χ4n) is 2.53. The van der Waals surface area contributed by atoms with Gasteiger partial charge in [0.05, 0.1) is 4.47 Å². The molecule has 0 saturated carbocycles. The molecule has 19 heavy (non-hydrogen) atoms. The molecule has 2 aromatic carbocycles. The summed E-state index contributed by atoms with van der Waals surface area (Å²) in [5, 5.41) is 2.44. The Kier molecular flexibility index (Phi) is 3.88. The van der Waals surface area contributed by atoms with Crippen molar-refractivity contribution in [2.45, 2.75) is 25.7 Å². The molecule has 0 heterocycles. The lowest BCUT2D eigenvalue weighted by Gasteiger charge is -2.15. The van der Waals surface area contributed by atoms with E-state index in [4.69, 9.17) is 4.74 Å². The molecular formula is C17H17BrO. The van der Waals surface area contributed by atoms with E-state index in [9.17, 15) is 0 Å². The van der Waals surface area contributed by atoms with Gasteiger partial charge in [-0.15, -0.1) is 0 Å². The number of rotatable bonds is 3. The van der Waals surface area contributed by atoms with Crippen molar-refractivity contribution >= 4 is 26.7 Å². The highest BCUT2D eigenvalue weighted by atomic mass is 79.9. The van der Waals surface area contributed by atoms with Gasteiger partial charge in [-0.3, -0.25) is 0 Å². The maximum atomic E-state index is 5.97. The van der Waals surface area contributed by atoms with Gasteiger partial charge < -0.3 is 4.74 Å². The fraction of sp³-hybridized carbons (Fsp3) is 0.294. The van der Waals surface area contributed by atoms with Gasteiger partial charge in [-0.1, -0.05) is 36.4 Å². The molecule has 0 bridgehead atoms. The molecule has 0 spiro atoms. The average Bonchev–Trinajstić information content (AvgIpc) is 2.48. The van der Waals surface area contributed by atoms with Crippen molar-refractivity contribution in [3.63, 3.8) is 0 Å². The van der Waals surface area contributed by atoms with Gasteiger partial charge in [0.1, 0.15) is 12.4 Å². The summed E-state index contributed by atoms with van der Waals surface area (Å²) in [5.41, 5.74) is 1.44. The zero-order valence-corrected chi connectivity index (χ0v) is 12.4. The standard InChI is InChI=1S/C17H17BrO/c18-17-15-9-5-4-8-14(15)10-11-16(17)19-12-13-6-2-1-3-7-13/h4-6,8-11H,1-3,7,12H2. The molecule has 0 aliphatic heterocycles. The molecule has 2 heteroatoms. The minimum absolute atomic E-state index is 0.719. The van der Waals surface area contributed by atoms with Crippen molar-refractivity contribution in [3.8, 4) is 5.75 Å². The fourth-order valence-corrected chi connectivity index (χ4v) is 3.14. The normalized spacial score (nSPS) is 15.3. The Labute approximate surface area is 122 Å². The molecule has 0 saturated heterocycles. The van der Waals surface area contributed by atoms with Crippen molar-refractivity contribution in [1.82, 2.24) is 0 Å². The number of halogens is 1. The van der Waals surface area contributed by atoms with Crippen LogP contribution in [0.1, 0.15) is 25.7 Å². The maximum Gasteiger partial charge on any atom is 0.134 e. The third kappa shape index (κ3) is 2.84. The first kappa shape index (κ1) is 12.7. The number of hydrogen-bond donors (Lipinski definition) is 0. The van der Waals surface area contributed by atoms with Crippen LogP contribution in [-0.4, -0.2) is 6.61 Å². The summed E-state index contributed by atoms with van der Waals surface area (Å²) in [6, 6.07) is 12.5. The molecule has 0 amide bonds. The van der Waals surface area contributed by atoms with E-state index in [2.05, 4.69) is 58.4 Å². The summed E-state index contributed by atoms with van der Waals surface area (Å²) < 4.78 is 7.03. The molecular weight excluding hydrogens is 300 g/mol. The maximum absolute atomic E-state index is 5.97. The van der Waals surface area contributed by atoms with Crippen LogP contribution in [0.5, 0.6) is 5.75 Å². The number of ether oxygens (including phenoxy) is 1. The zero-order chi connectivity index (χ0) is 13.1. The summed E-state index contributed by atoms with van der Waals surface area (Å²) in [5.74, 6) is 0.935. The Bertz CT molecular complexity index is 616. The van der Waals surface area contributed by atoms with Crippen molar-refractivity contribution < 1.29 is 4.74 Å². The first-order chi connectivity index (χ1) is 9.34. The zero-order valence-electron chi connectivity index (χ0n) is 10.9. The molecule has 0 radical (unpaired) electrons. The minimum Gasteiger partial charge on any atom is -0.488 e. The Morgan fingerprint density at radius 1 is 1.05 bits per heavy atom. The van der Waals surface area contributed by atoms with E-state index in [0.717, 1.165) is 16.8 Å². The summed E-state index contributed by atoms with van der Waals surface area (Å²) in [7, 11) is 0.